The number of thioether (sulfide) groups is 3. The second kappa shape index (κ2) is 42.7. The van der Waals surface area contributed by atoms with E-state index < -0.39 is 25.9 Å². The number of carbonyl (C=O) groups excluding carboxylic acids is 5. The van der Waals surface area contributed by atoms with E-state index in [4.69, 9.17) is 44.5 Å². The number of anilines is 4. The van der Waals surface area contributed by atoms with Crippen molar-refractivity contribution in [2.24, 2.45) is 37.0 Å². The smallest absolute Gasteiger partial charge is 0.410 e. The summed E-state index contributed by atoms with van der Waals surface area (Å²) in [5, 5.41) is 28.3. The Hall–Kier alpha value is -13.0. The predicted octanol–water partition coefficient (Wildman–Crippen LogP) is 17.9. The molecule has 5 amide bonds. The van der Waals surface area contributed by atoms with Crippen molar-refractivity contribution >= 4 is 127 Å². The Kier molecular flexibility index (Phi) is 30.7. The summed E-state index contributed by atoms with van der Waals surface area (Å²) < 4.78 is 31.7. The van der Waals surface area contributed by atoms with Crippen LogP contribution >= 0.6 is 35.3 Å². The molecule has 1 aliphatic carbocycles. The van der Waals surface area contributed by atoms with Crippen LogP contribution in [0.15, 0.2) is 193 Å². The van der Waals surface area contributed by atoms with Gasteiger partial charge in [0.25, 0.3) is 0 Å². The summed E-state index contributed by atoms with van der Waals surface area (Å²) in [6.45, 7) is 26.2. The van der Waals surface area contributed by atoms with Crippen LogP contribution in [0.2, 0.25) is 0 Å². The molecular weight excluding hydrogens is 1790 g/mol. The van der Waals surface area contributed by atoms with E-state index in [-0.39, 0.29) is 54.0 Å². The molecule has 12 heterocycles. The highest BCUT2D eigenvalue weighted by Gasteiger charge is 2.48. The molecule has 0 radical (unpaired) electrons. The molecule has 0 spiro atoms. The van der Waals surface area contributed by atoms with Crippen LogP contribution in [-0.4, -0.2) is 208 Å². The van der Waals surface area contributed by atoms with Crippen LogP contribution in [0.25, 0.3) is 61.3 Å². The number of nitrogens with two attached hydrogens (primary N) is 1. The highest BCUT2D eigenvalue weighted by Crippen LogP contribution is 2.47. The van der Waals surface area contributed by atoms with Crippen LogP contribution in [0, 0.1) is 5.92 Å². The zero-order chi connectivity index (χ0) is 97.2. The minimum absolute atomic E-state index is 0.00336. The third kappa shape index (κ3) is 23.5. The molecule has 1 unspecified atom stereocenters. The second-order valence-electron chi connectivity index (χ2n) is 37.2. The van der Waals surface area contributed by atoms with Crippen molar-refractivity contribution in [1.29, 1.82) is 0 Å². The molecule has 6 N–H and O–H groups in total. The van der Waals surface area contributed by atoms with E-state index in [0.717, 1.165) is 150 Å². The largest absolute Gasteiger partial charge is 0.475 e. The van der Waals surface area contributed by atoms with Crippen molar-refractivity contribution in [1.82, 2.24) is 69.4 Å². The first-order chi connectivity index (χ1) is 65.6. The Morgan fingerprint density at radius 2 is 0.978 bits per heavy atom. The molecule has 7 aromatic heterocycles. The number of aliphatic imine (C=N–C) groups is 2. The molecule has 33 heteroatoms. The number of aromatic nitrogens is 11. The van der Waals surface area contributed by atoms with Crippen LogP contribution in [-0.2, 0) is 58.1 Å². The third-order valence-corrected chi connectivity index (χ3v) is 28.6. The van der Waals surface area contributed by atoms with E-state index >= 15 is 0 Å². The van der Waals surface area contributed by atoms with Gasteiger partial charge >= 0.3 is 6.09 Å². The lowest BCUT2D eigenvalue weighted by atomic mass is 9.96. The topological polar surface area (TPSA) is 355 Å². The van der Waals surface area contributed by atoms with Gasteiger partial charge in [-0.15, -0.1) is 35.3 Å². The van der Waals surface area contributed by atoms with Crippen LogP contribution in [0.3, 0.4) is 0 Å². The molecule has 137 heavy (non-hydrogen) atoms. The monoisotopic (exact) mass is 1910 g/mol. The Balaban J connectivity index is 0.000000145. The number of aryl methyl sites for hydroxylation is 3. The first kappa shape index (κ1) is 98.5. The molecule has 2 saturated heterocycles. The molecule has 6 aliphatic rings. The van der Waals surface area contributed by atoms with E-state index in [1.54, 1.807) is 64.2 Å². The number of nitrogens with one attached hydrogen (secondary N) is 4. The Bertz CT molecular complexity index is 6460. The molecule has 5 aliphatic heterocycles. The molecule has 5 aromatic carbocycles. The molecule has 30 nitrogen and oxygen atoms in total. The van der Waals surface area contributed by atoms with E-state index in [2.05, 4.69) is 86.7 Å². The predicted molar refractivity (Wildman–Crippen MR) is 548 cm³/mol. The number of amides is 5. The van der Waals surface area contributed by atoms with Gasteiger partial charge in [-0.05, 0) is 253 Å². The van der Waals surface area contributed by atoms with Crippen molar-refractivity contribution in [2.45, 2.75) is 178 Å². The van der Waals surface area contributed by atoms with Gasteiger partial charge in [-0.1, -0.05) is 42.5 Å². The highest BCUT2D eigenvalue weighted by atomic mass is 32.2. The Morgan fingerprint density at radius 3 is 1.43 bits per heavy atom. The van der Waals surface area contributed by atoms with Gasteiger partial charge < -0.3 is 60.5 Å². The quantitative estimate of drug-likeness (QED) is 0.0332. The minimum atomic E-state index is -0.750. The van der Waals surface area contributed by atoms with Gasteiger partial charge in [0.05, 0.1) is 64.7 Å². The van der Waals surface area contributed by atoms with Crippen molar-refractivity contribution in [2.75, 3.05) is 79.7 Å². The summed E-state index contributed by atoms with van der Waals surface area (Å²) in [6, 6.07) is 47.2. The summed E-state index contributed by atoms with van der Waals surface area (Å²) in [6.07, 6.45) is 21.8. The highest BCUT2D eigenvalue weighted by molar-refractivity contribution is 8.01. The Morgan fingerprint density at radius 1 is 0.511 bits per heavy atom. The first-order valence-electron chi connectivity index (χ1n) is 46.4. The number of nitrogens with zero attached hydrogens (tertiary/aromatic N) is 15. The van der Waals surface area contributed by atoms with Crippen molar-refractivity contribution in [3.05, 3.63) is 222 Å². The van der Waals surface area contributed by atoms with Crippen molar-refractivity contribution in [3.63, 3.8) is 0 Å². The number of fused-ring (bicyclic) bond motifs is 4. The number of benzene rings is 5. The molecule has 716 valence electrons. The molecule has 0 bridgehead atoms. The van der Waals surface area contributed by atoms with Gasteiger partial charge in [-0.2, -0.15) is 15.3 Å². The van der Waals surface area contributed by atoms with E-state index in [0.29, 0.717) is 100 Å². The second-order valence-corrected chi connectivity index (χ2v) is 40.8. The van der Waals surface area contributed by atoms with Gasteiger partial charge in [0.15, 0.2) is 5.82 Å². The van der Waals surface area contributed by atoms with E-state index in [1.165, 1.54) is 17.3 Å². The molecule has 12 aromatic rings. The SMILES string of the molecule is CC(C)Oc1ccc(-c2nn(C)c3ccc(N)cc23)cn1.CS[C@@]1(C(=O)Nc2ccc3c(c2)C(c2ccc(OC(C)C)nc2)=NC3)CCC(CC(=O)N2CC=C(c3ccc(-c4ncn(C)n4)cc3)CC2)C1.CS[C@@]1(C(=O)Nc2ccc3c(c2)C(c2ccc(OC(C)C)nc2)=NC3)CCNC1.CS[C@@]1(C(=O)Nc2ccc3c(c2)c(-c2ccc(OC(C)C)nc2)nn3C)CCN(C(=O)OC(C)(C)C)C1. The van der Waals surface area contributed by atoms with E-state index in [1.807, 2.05) is 252 Å². The fourth-order valence-corrected chi connectivity index (χ4v) is 20.1. The summed E-state index contributed by atoms with van der Waals surface area (Å²) in [5.74, 6) is 3.36. The van der Waals surface area contributed by atoms with Gasteiger partial charge in [-0.25, -0.2) is 29.7 Å². The fraction of sp³-hybridized carbons (Fsp3) is 0.394. The Labute approximate surface area is 812 Å². The maximum absolute atomic E-state index is 13.9. The third-order valence-electron chi connectivity index (χ3n) is 24.6. The van der Waals surface area contributed by atoms with Crippen LogP contribution in [0.1, 0.15) is 160 Å². The van der Waals surface area contributed by atoms with Gasteiger partial charge in [0.2, 0.25) is 47.1 Å². The number of hydrogen-bond acceptors (Lipinski definition) is 25. The summed E-state index contributed by atoms with van der Waals surface area (Å²) in [7, 11) is 5.67. The molecular formula is C104H122N20O10S3. The van der Waals surface area contributed by atoms with Gasteiger partial charge in [0, 0.05) is 182 Å². The number of rotatable bonds is 25. The average molecular weight is 1910 g/mol. The molecule has 4 atom stereocenters. The maximum Gasteiger partial charge on any atom is 0.410 e. The van der Waals surface area contributed by atoms with Gasteiger partial charge in [-0.3, -0.25) is 43.2 Å². The average Bonchev–Trinajstić information content (AvgIpc) is 1.63. The fourth-order valence-electron chi connectivity index (χ4n) is 17.6. The number of carbonyl (C=O) groups is 5. The maximum atomic E-state index is 13.9. The molecule has 18 rings (SSSR count). The van der Waals surface area contributed by atoms with Crippen molar-refractivity contribution < 1.29 is 47.7 Å². The van der Waals surface area contributed by atoms with Crippen LogP contribution in [0.4, 0.5) is 27.5 Å². The van der Waals surface area contributed by atoms with Crippen molar-refractivity contribution in [3.8, 4) is 57.4 Å². The number of hydrogen-bond donors (Lipinski definition) is 5. The standard InChI is InChI=1S/C39H43N7O3S.C27H35N5O4S.C22H26N4O2S.C16H18N4O/c1-25(2)49-34-12-10-31(23-40-34)36-33-20-32(11-9-30(33)22-41-36)43-38(48)39(50-4)16-13-26(21-39)19-35(47)46-17-14-28(15-18-46)27-5-7-29(8-6-27)37-42-24-45(3)44-37;1-17(2)35-22-11-8-18(15-28-22)23-20-14-19(9-10-21(20)31(6)30-23)29-24(33)27(37-7)12-13-32(16-27)25(34)36-26(3,4)5;1-14(2)28-19-7-5-16(12-24-19)20-18-10-17(6-4-15(18)11-25-20)26-21(27)22(29-3)8-9-23-13-22;1-10(2)21-15-7-4-11(9-18-15)16-13-8-12(17)5-6-14(13)20(3)19-16/h5-12,14,20,23-26H,13,15-19,21-22H2,1-4H3,(H,43,48);8-11,14-15,17H,12-13,16H2,1-7H3,(H,29,33);4-7,10,12,14,23H,8-9,11,13H2,1-3H3,(H,26,27);4-10H,17H2,1-3H3/t26?,39-;27-;22-;/m000./s1. The van der Waals surface area contributed by atoms with Gasteiger partial charge in [0.1, 0.15) is 32.8 Å². The normalized spacial score (nSPS) is 18.2. The molecule has 3 fully saturated rings. The zero-order valence-electron chi connectivity index (χ0n) is 80.9. The lowest BCUT2D eigenvalue weighted by Crippen LogP contribution is -2.44. The lowest BCUT2D eigenvalue weighted by molar-refractivity contribution is -0.132. The van der Waals surface area contributed by atoms with E-state index in [9.17, 15) is 24.0 Å². The van der Waals surface area contributed by atoms with Crippen LogP contribution < -0.4 is 45.9 Å². The number of nitrogen functional groups attached to an aromatic ring is 1. The zero-order valence-corrected chi connectivity index (χ0v) is 83.4. The first-order valence-corrected chi connectivity index (χ1v) is 50.1. The summed E-state index contributed by atoms with van der Waals surface area (Å²) >= 11 is 4.68. The number of likely N-dealkylation sites (tertiary alicyclic amines) is 1. The molecule has 1 saturated carbocycles. The summed E-state index contributed by atoms with van der Waals surface area (Å²) in [5.41, 5.74) is 25.1. The lowest BCUT2D eigenvalue weighted by Gasteiger charge is -2.29. The minimum Gasteiger partial charge on any atom is -0.475 e. The van der Waals surface area contributed by atoms with Crippen LogP contribution in [0.5, 0.6) is 23.5 Å². The summed E-state index contributed by atoms with van der Waals surface area (Å²) in [4.78, 5) is 101. The number of pyridine rings is 4. The number of ether oxygens (including phenoxy) is 5.